The first-order valence-electron chi connectivity index (χ1n) is 5.47. The molecule has 3 nitrogen and oxygen atoms in total. The van der Waals surface area contributed by atoms with E-state index in [0.29, 0.717) is 13.0 Å². The van der Waals surface area contributed by atoms with Gasteiger partial charge in [0.15, 0.2) is 11.6 Å². The van der Waals surface area contributed by atoms with Crippen molar-refractivity contribution in [1.82, 2.24) is 4.98 Å². The summed E-state index contributed by atoms with van der Waals surface area (Å²) in [5.74, 6) is -1.19. The van der Waals surface area contributed by atoms with Gasteiger partial charge in [-0.05, 0) is 31.2 Å². The van der Waals surface area contributed by atoms with Crippen molar-refractivity contribution in [3.8, 4) is 11.6 Å². The molecule has 0 saturated heterocycles. The third-order valence-electron chi connectivity index (χ3n) is 2.36. The van der Waals surface area contributed by atoms with E-state index in [1.165, 1.54) is 12.3 Å². The van der Waals surface area contributed by atoms with Crippen LogP contribution in [0.25, 0.3) is 0 Å². The number of nitrogens with zero attached hydrogens (tertiary/aromatic N) is 1. The number of hydrogen-bond donors (Lipinski definition) is 1. The Hall–Kier alpha value is -2.01. The van der Waals surface area contributed by atoms with Crippen LogP contribution in [-0.2, 0) is 6.42 Å². The summed E-state index contributed by atoms with van der Waals surface area (Å²) in [7, 11) is 0. The maximum absolute atomic E-state index is 13.4. The molecule has 0 aliphatic heterocycles. The molecule has 0 atom stereocenters. The minimum Gasteiger partial charge on any atom is -0.436 e. The topological polar surface area (TPSA) is 48.1 Å². The lowest BCUT2D eigenvalue weighted by Crippen LogP contribution is -2.05. The summed E-state index contributed by atoms with van der Waals surface area (Å²) in [6.45, 7) is 0.438. The third-order valence-corrected chi connectivity index (χ3v) is 2.36. The average molecular weight is 250 g/mol. The Labute approximate surface area is 103 Å². The van der Waals surface area contributed by atoms with E-state index >= 15 is 0 Å². The first kappa shape index (κ1) is 12.4. The van der Waals surface area contributed by atoms with Crippen molar-refractivity contribution >= 4 is 0 Å². The zero-order chi connectivity index (χ0) is 13.0. The molecule has 2 rings (SSSR count). The largest absolute Gasteiger partial charge is 0.436 e. The SMILES string of the molecule is NCCc1cccnc1Oc1ccc(F)cc1F. The smallest absolute Gasteiger partial charge is 0.222 e. The highest BCUT2D eigenvalue weighted by Crippen LogP contribution is 2.26. The minimum absolute atomic E-state index is 0.0617. The molecule has 2 N–H and O–H groups in total. The van der Waals surface area contributed by atoms with Gasteiger partial charge in [-0.25, -0.2) is 13.8 Å². The first-order chi connectivity index (χ1) is 8.70. The summed E-state index contributed by atoms with van der Waals surface area (Å²) in [4.78, 5) is 4.02. The number of nitrogens with two attached hydrogens (primary N) is 1. The van der Waals surface area contributed by atoms with Crippen molar-refractivity contribution in [2.45, 2.75) is 6.42 Å². The molecule has 0 aliphatic rings. The van der Waals surface area contributed by atoms with Gasteiger partial charge in [0.25, 0.3) is 0 Å². The first-order valence-corrected chi connectivity index (χ1v) is 5.47. The van der Waals surface area contributed by atoms with Gasteiger partial charge in [-0.1, -0.05) is 6.07 Å². The zero-order valence-corrected chi connectivity index (χ0v) is 9.57. The van der Waals surface area contributed by atoms with Gasteiger partial charge in [0.1, 0.15) is 5.82 Å². The van der Waals surface area contributed by atoms with Gasteiger partial charge in [0, 0.05) is 17.8 Å². The number of rotatable bonds is 4. The van der Waals surface area contributed by atoms with Gasteiger partial charge >= 0.3 is 0 Å². The normalized spacial score (nSPS) is 10.4. The molecule has 5 heteroatoms. The molecule has 0 unspecified atom stereocenters. The van der Waals surface area contributed by atoms with E-state index in [0.717, 1.165) is 17.7 Å². The minimum atomic E-state index is -0.764. The standard InChI is InChI=1S/C13H12F2N2O/c14-10-3-4-12(11(15)8-10)18-13-9(5-6-16)2-1-7-17-13/h1-4,7-8H,5-6,16H2. The summed E-state index contributed by atoms with van der Waals surface area (Å²) in [6.07, 6.45) is 2.11. The monoisotopic (exact) mass is 250 g/mol. The van der Waals surface area contributed by atoms with Gasteiger partial charge < -0.3 is 10.5 Å². The van der Waals surface area contributed by atoms with E-state index in [1.54, 1.807) is 12.1 Å². The Kier molecular flexibility index (Phi) is 3.84. The quantitative estimate of drug-likeness (QED) is 0.907. The van der Waals surface area contributed by atoms with E-state index in [-0.39, 0.29) is 11.6 Å². The number of pyridine rings is 1. The highest BCUT2D eigenvalue weighted by molar-refractivity contribution is 5.33. The van der Waals surface area contributed by atoms with Gasteiger partial charge in [0.2, 0.25) is 5.88 Å². The second-order valence-corrected chi connectivity index (χ2v) is 3.68. The molecule has 0 spiro atoms. The molecule has 1 heterocycles. The molecular weight excluding hydrogens is 238 g/mol. The van der Waals surface area contributed by atoms with Gasteiger partial charge in [-0.2, -0.15) is 0 Å². The predicted octanol–water partition coefficient (Wildman–Crippen LogP) is 2.65. The Morgan fingerprint density at radius 2 is 2.06 bits per heavy atom. The molecule has 0 amide bonds. The summed E-state index contributed by atoms with van der Waals surface area (Å²) in [5.41, 5.74) is 6.25. The molecule has 18 heavy (non-hydrogen) atoms. The van der Waals surface area contributed by atoms with E-state index in [9.17, 15) is 8.78 Å². The van der Waals surface area contributed by atoms with Crippen molar-refractivity contribution in [2.24, 2.45) is 5.73 Å². The predicted molar refractivity (Wildman–Crippen MR) is 63.4 cm³/mol. The second kappa shape index (κ2) is 5.55. The van der Waals surface area contributed by atoms with Crippen LogP contribution in [0.15, 0.2) is 36.5 Å². The number of hydrogen-bond acceptors (Lipinski definition) is 3. The summed E-state index contributed by atoms with van der Waals surface area (Å²) in [6, 6.07) is 6.67. The molecule has 0 saturated carbocycles. The van der Waals surface area contributed by atoms with Crippen LogP contribution in [0, 0.1) is 11.6 Å². The Morgan fingerprint density at radius 3 is 2.78 bits per heavy atom. The van der Waals surface area contributed by atoms with Crippen molar-refractivity contribution in [1.29, 1.82) is 0 Å². The Morgan fingerprint density at radius 1 is 1.22 bits per heavy atom. The zero-order valence-electron chi connectivity index (χ0n) is 9.57. The van der Waals surface area contributed by atoms with E-state index < -0.39 is 11.6 Å². The van der Waals surface area contributed by atoms with Crippen LogP contribution in [0.2, 0.25) is 0 Å². The Bertz CT molecular complexity index is 546. The molecule has 0 bridgehead atoms. The molecule has 2 aromatic rings. The fourth-order valence-electron chi connectivity index (χ4n) is 1.52. The lowest BCUT2D eigenvalue weighted by molar-refractivity contribution is 0.419. The van der Waals surface area contributed by atoms with Crippen LogP contribution >= 0.6 is 0 Å². The van der Waals surface area contributed by atoms with Crippen LogP contribution in [-0.4, -0.2) is 11.5 Å². The number of halogens is 2. The summed E-state index contributed by atoms with van der Waals surface area (Å²) < 4.78 is 31.5. The van der Waals surface area contributed by atoms with Gasteiger partial charge in [0.05, 0.1) is 0 Å². The lowest BCUT2D eigenvalue weighted by Gasteiger charge is -2.09. The van der Waals surface area contributed by atoms with Crippen molar-refractivity contribution in [3.05, 3.63) is 53.7 Å². The number of aromatic nitrogens is 1. The lowest BCUT2D eigenvalue weighted by atomic mass is 10.2. The summed E-state index contributed by atoms with van der Waals surface area (Å²) >= 11 is 0. The highest BCUT2D eigenvalue weighted by Gasteiger charge is 2.09. The van der Waals surface area contributed by atoms with Crippen molar-refractivity contribution in [2.75, 3.05) is 6.54 Å². The number of ether oxygens (including phenoxy) is 1. The molecule has 0 aliphatic carbocycles. The molecule has 1 aromatic heterocycles. The van der Waals surface area contributed by atoms with E-state index in [4.69, 9.17) is 10.5 Å². The van der Waals surface area contributed by atoms with Crippen molar-refractivity contribution < 1.29 is 13.5 Å². The van der Waals surface area contributed by atoms with Crippen molar-refractivity contribution in [3.63, 3.8) is 0 Å². The summed E-state index contributed by atoms with van der Waals surface area (Å²) in [5, 5.41) is 0. The average Bonchev–Trinajstić information content (AvgIpc) is 2.35. The molecule has 94 valence electrons. The Balaban J connectivity index is 2.28. The van der Waals surface area contributed by atoms with Crippen LogP contribution in [0.4, 0.5) is 8.78 Å². The van der Waals surface area contributed by atoms with E-state index in [2.05, 4.69) is 4.98 Å². The third kappa shape index (κ3) is 2.81. The van der Waals surface area contributed by atoms with E-state index in [1.807, 2.05) is 0 Å². The number of benzene rings is 1. The molecule has 1 aromatic carbocycles. The molecular formula is C13H12F2N2O. The molecule has 0 fully saturated rings. The fourth-order valence-corrected chi connectivity index (χ4v) is 1.52. The van der Waals surface area contributed by atoms with Gasteiger partial charge in [-0.15, -0.1) is 0 Å². The maximum Gasteiger partial charge on any atom is 0.222 e. The van der Waals surface area contributed by atoms with Crippen LogP contribution in [0.3, 0.4) is 0 Å². The highest BCUT2D eigenvalue weighted by atomic mass is 19.1. The fraction of sp³-hybridized carbons (Fsp3) is 0.154. The van der Waals surface area contributed by atoms with Crippen LogP contribution in [0.5, 0.6) is 11.6 Å². The van der Waals surface area contributed by atoms with Gasteiger partial charge in [-0.3, -0.25) is 0 Å². The van der Waals surface area contributed by atoms with Crippen LogP contribution < -0.4 is 10.5 Å². The maximum atomic E-state index is 13.4. The van der Waals surface area contributed by atoms with Crippen LogP contribution in [0.1, 0.15) is 5.56 Å². The molecule has 0 radical (unpaired) electrons. The second-order valence-electron chi connectivity index (χ2n) is 3.68.